The molecule has 0 N–H and O–H groups in total. The van der Waals surface area contributed by atoms with Gasteiger partial charge in [-0.2, -0.15) is 0 Å². The zero-order valence-corrected chi connectivity index (χ0v) is 13.6. The number of hydrogen-bond acceptors (Lipinski definition) is 6. The van der Waals surface area contributed by atoms with Crippen molar-refractivity contribution in [1.29, 1.82) is 0 Å². The van der Waals surface area contributed by atoms with Crippen molar-refractivity contribution < 1.29 is 26.6 Å². The van der Waals surface area contributed by atoms with Gasteiger partial charge in [0.25, 0.3) is 0 Å². The summed E-state index contributed by atoms with van der Waals surface area (Å²) in [6, 6.07) is 0. The molecule has 0 aliphatic heterocycles. The van der Waals surface area contributed by atoms with E-state index in [-0.39, 0.29) is 6.23 Å². The molecule has 0 aromatic rings. The Hall–Kier alpha value is 0.194. The highest BCUT2D eigenvalue weighted by molar-refractivity contribution is 6.64. The Kier molecular flexibility index (Phi) is 8.42. The Bertz CT molecular complexity index is 194. The van der Waals surface area contributed by atoms with E-state index in [9.17, 15) is 0 Å². The zero-order chi connectivity index (χ0) is 13.4. The van der Waals surface area contributed by atoms with Crippen LogP contribution in [0.2, 0.25) is 6.55 Å². The summed E-state index contributed by atoms with van der Waals surface area (Å²) in [5.41, 5.74) is 0. The first-order valence-corrected chi connectivity index (χ1v) is 9.74. The van der Waals surface area contributed by atoms with Gasteiger partial charge in [-0.15, -0.1) is 0 Å². The predicted octanol–water partition coefficient (Wildman–Crippen LogP) is 1.06. The summed E-state index contributed by atoms with van der Waals surface area (Å²) in [6.45, 7) is 6.62. The second kappa shape index (κ2) is 8.32. The van der Waals surface area contributed by atoms with Crippen LogP contribution in [0.1, 0.15) is 13.8 Å². The second-order valence-corrected chi connectivity index (χ2v) is 8.78. The molecule has 0 fully saturated rings. The SMILES string of the molecule is CCO[Si](CO[Si](C)(OC)OC)(OC)OCC. The van der Waals surface area contributed by atoms with Gasteiger partial charge in [0, 0.05) is 41.1 Å². The maximum Gasteiger partial charge on any atom is 0.526 e. The highest BCUT2D eigenvalue weighted by Crippen LogP contribution is 2.14. The number of hydrogen-bond donors (Lipinski definition) is 0. The quantitative estimate of drug-likeness (QED) is 0.559. The van der Waals surface area contributed by atoms with Gasteiger partial charge in [0.15, 0.2) is 0 Å². The fraction of sp³-hybridized carbons (Fsp3) is 1.00. The molecule has 8 heteroatoms. The van der Waals surface area contributed by atoms with Gasteiger partial charge in [-0.1, -0.05) is 0 Å². The molecule has 104 valence electrons. The number of rotatable bonds is 10. The second-order valence-electron chi connectivity index (χ2n) is 3.31. The van der Waals surface area contributed by atoms with E-state index in [2.05, 4.69) is 0 Å². The van der Waals surface area contributed by atoms with Gasteiger partial charge in [0.2, 0.25) is 0 Å². The van der Waals surface area contributed by atoms with Crippen molar-refractivity contribution >= 4 is 17.6 Å². The fourth-order valence-corrected chi connectivity index (χ4v) is 4.80. The van der Waals surface area contributed by atoms with Gasteiger partial charge in [-0.25, -0.2) is 0 Å². The minimum atomic E-state index is -2.76. The largest absolute Gasteiger partial charge is 0.526 e. The van der Waals surface area contributed by atoms with E-state index >= 15 is 0 Å². The molecule has 0 atom stereocenters. The molecule has 0 spiro atoms. The molecule has 0 heterocycles. The standard InChI is InChI=1S/C9H24O6Si2/c1-7-13-17(12-5,14-8-2)9-15-16(6,10-3)11-4/h7-9H2,1-6H3. The molecule has 17 heavy (non-hydrogen) atoms. The predicted molar refractivity (Wildman–Crippen MR) is 67.6 cm³/mol. The third-order valence-corrected chi connectivity index (χ3v) is 7.31. The molecule has 0 aromatic heterocycles. The van der Waals surface area contributed by atoms with Crippen LogP contribution in [0.15, 0.2) is 0 Å². The molecule has 0 saturated heterocycles. The Morgan fingerprint density at radius 1 is 0.765 bits per heavy atom. The summed E-state index contributed by atoms with van der Waals surface area (Å²) in [7, 11) is -0.652. The van der Waals surface area contributed by atoms with Crippen LogP contribution in [0.4, 0.5) is 0 Å². The van der Waals surface area contributed by atoms with E-state index in [4.69, 9.17) is 26.6 Å². The molecule has 0 amide bonds. The van der Waals surface area contributed by atoms with Gasteiger partial charge in [-0.05, 0) is 13.8 Å². The van der Waals surface area contributed by atoms with Gasteiger partial charge in [-0.3, -0.25) is 0 Å². The van der Waals surface area contributed by atoms with Crippen LogP contribution in [-0.4, -0.2) is 58.4 Å². The van der Waals surface area contributed by atoms with E-state index < -0.39 is 17.6 Å². The molecular formula is C9H24O6Si2. The summed E-state index contributed by atoms with van der Waals surface area (Å²) in [6.07, 6.45) is 0.232. The zero-order valence-electron chi connectivity index (χ0n) is 11.6. The first kappa shape index (κ1) is 17.2. The molecule has 0 aromatic carbocycles. The van der Waals surface area contributed by atoms with Crippen molar-refractivity contribution in [2.24, 2.45) is 0 Å². The summed E-state index contributed by atoms with van der Waals surface area (Å²) in [5, 5.41) is 0. The minimum Gasteiger partial charge on any atom is -0.377 e. The molecule has 0 saturated carbocycles. The van der Waals surface area contributed by atoms with E-state index in [0.717, 1.165) is 0 Å². The van der Waals surface area contributed by atoms with Crippen molar-refractivity contribution in [2.75, 3.05) is 40.8 Å². The van der Waals surface area contributed by atoms with Crippen molar-refractivity contribution in [1.82, 2.24) is 0 Å². The normalized spacial score (nSPS) is 13.1. The first-order chi connectivity index (χ1) is 8.01. The van der Waals surface area contributed by atoms with Gasteiger partial charge in [0.1, 0.15) is 6.23 Å². The van der Waals surface area contributed by atoms with Gasteiger partial charge in [0.05, 0.1) is 0 Å². The lowest BCUT2D eigenvalue weighted by Gasteiger charge is -2.30. The first-order valence-electron chi connectivity index (χ1n) is 5.58. The van der Waals surface area contributed by atoms with Gasteiger partial charge >= 0.3 is 17.6 Å². The molecule has 0 rings (SSSR count). The topological polar surface area (TPSA) is 55.4 Å². The van der Waals surface area contributed by atoms with Crippen LogP contribution in [0, 0.1) is 0 Å². The summed E-state index contributed by atoms with van der Waals surface area (Å²) in [4.78, 5) is 0. The van der Waals surface area contributed by atoms with Crippen LogP contribution in [0.25, 0.3) is 0 Å². The molecule has 0 radical (unpaired) electrons. The summed E-state index contributed by atoms with van der Waals surface area (Å²) in [5.74, 6) is 0. The highest BCUT2D eigenvalue weighted by Gasteiger charge is 2.44. The van der Waals surface area contributed by atoms with E-state index in [1.54, 1.807) is 27.9 Å². The van der Waals surface area contributed by atoms with Crippen molar-refractivity contribution in [3.05, 3.63) is 0 Å². The molecule has 6 nitrogen and oxygen atoms in total. The lowest BCUT2D eigenvalue weighted by atomic mass is 10.9. The molecule has 0 bridgehead atoms. The van der Waals surface area contributed by atoms with Crippen LogP contribution in [-0.2, 0) is 26.6 Å². The Labute approximate surface area is 106 Å². The van der Waals surface area contributed by atoms with Crippen molar-refractivity contribution in [3.63, 3.8) is 0 Å². The Morgan fingerprint density at radius 2 is 1.24 bits per heavy atom. The van der Waals surface area contributed by atoms with Crippen LogP contribution >= 0.6 is 0 Å². The minimum absolute atomic E-state index is 0.232. The highest BCUT2D eigenvalue weighted by atomic mass is 28.4. The van der Waals surface area contributed by atoms with Crippen molar-refractivity contribution in [2.45, 2.75) is 20.4 Å². The lowest BCUT2D eigenvalue weighted by molar-refractivity contribution is 0.0451. The average Bonchev–Trinajstić information content (AvgIpc) is 2.36. The van der Waals surface area contributed by atoms with E-state index in [0.29, 0.717) is 13.2 Å². The fourth-order valence-electron chi connectivity index (χ4n) is 1.16. The van der Waals surface area contributed by atoms with Crippen molar-refractivity contribution in [3.8, 4) is 0 Å². The van der Waals surface area contributed by atoms with Crippen LogP contribution < -0.4 is 0 Å². The summed E-state index contributed by atoms with van der Waals surface area (Å²) < 4.78 is 32.7. The van der Waals surface area contributed by atoms with Crippen LogP contribution in [0.5, 0.6) is 0 Å². The third-order valence-electron chi connectivity index (χ3n) is 2.29. The maximum atomic E-state index is 5.67. The summed E-state index contributed by atoms with van der Waals surface area (Å²) >= 11 is 0. The lowest BCUT2D eigenvalue weighted by Crippen LogP contribution is -2.54. The van der Waals surface area contributed by atoms with Crippen LogP contribution in [0.3, 0.4) is 0 Å². The Morgan fingerprint density at radius 3 is 1.53 bits per heavy atom. The smallest absolute Gasteiger partial charge is 0.377 e. The Balaban J connectivity index is 4.52. The molecule has 0 aliphatic rings. The maximum absolute atomic E-state index is 5.67. The van der Waals surface area contributed by atoms with Gasteiger partial charge < -0.3 is 26.6 Å². The third kappa shape index (κ3) is 5.57. The molecule has 0 unspecified atom stereocenters. The molecule has 0 aliphatic carbocycles. The molecular weight excluding hydrogens is 260 g/mol. The monoisotopic (exact) mass is 284 g/mol. The average molecular weight is 284 g/mol. The van der Waals surface area contributed by atoms with E-state index in [1.165, 1.54) is 0 Å². The van der Waals surface area contributed by atoms with E-state index in [1.807, 2.05) is 13.8 Å².